The summed E-state index contributed by atoms with van der Waals surface area (Å²) in [5, 5.41) is 2.23. The Balaban J connectivity index is 1.50. The minimum atomic E-state index is -0.195. The molecule has 2 fully saturated rings. The second kappa shape index (κ2) is 5.73. The lowest BCUT2D eigenvalue weighted by atomic mass is 9.89. The Hall–Kier alpha value is -1.87. The summed E-state index contributed by atoms with van der Waals surface area (Å²) >= 11 is 0. The summed E-state index contributed by atoms with van der Waals surface area (Å²) in [5.41, 5.74) is 0.651. The summed E-state index contributed by atoms with van der Waals surface area (Å²) in [4.78, 5) is 14.8. The highest BCUT2D eigenvalue weighted by Crippen LogP contribution is 2.31. The standard InChI is InChI=1S/C19H21NO2/c21-19(17-9-8-15-5-1-2-6-16(15)12-17)22-18-10-7-14-4-3-11-20(18)13-14/h1-2,5-6,8-9,12,14,18H,3-4,7,10-11,13H2. The number of hydrogen-bond acceptors (Lipinski definition) is 3. The third-order valence-corrected chi connectivity index (χ3v) is 5.01. The first kappa shape index (κ1) is 13.8. The van der Waals surface area contributed by atoms with Crippen molar-refractivity contribution >= 4 is 16.7 Å². The molecule has 0 aromatic heterocycles. The van der Waals surface area contributed by atoms with Crippen LogP contribution in [0.4, 0.5) is 0 Å². The van der Waals surface area contributed by atoms with E-state index >= 15 is 0 Å². The Morgan fingerprint density at radius 3 is 2.82 bits per heavy atom. The van der Waals surface area contributed by atoms with Crippen molar-refractivity contribution in [3.63, 3.8) is 0 Å². The Bertz CT molecular complexity index is 697. The second-order valence-corrected chi connectivity index (χ2v) is 6.50. The summed E-state index contributed by atoms with van der Waals surface area (Å²) in [6.45, 7) is 2.15. The van der Waals surface area contributed by atoms with Gasteiger partial charge in [-0.1, -0.05) is 30.3 Å². The normalized spacial score (nSPS) is 27.5. The fourth-order valence-electron chi connectivity index (χ4n) is 3.80. The molecular formula is C19H21NO2. The maximum Gasteiger partial charge on any atom is 0.339 e. The number of esters is 1. The fourth-order valence-corrected chi connectivity index (χ4v) is 3.80. The lowest BCUT2D eigenvalue weighted by Gasteiger charge is -2.42. The van der Waals surface area contributed by atoms with Crippen LogP contribution in [0.3, 0.4) is 0 Å². The zero-order valence-corrected chi connectivity index (χ0v) is 12.7. The molecule has 2 aromatic carbocycles. The molecule has 2 aromatic rings. The smallest absolute Gasteiger partial charge is 0.339 e. The zero-order valence-electron chi connectivity index (χ0n) is 12.7. The van der Waals surface area contributed by atoms with Crippen LogP contribution in [0.1, 0.15) is 36.0 Å². The first-order chi connectivity index (χ1) is 10.8. The molecule has 2 aliphatic rings. The summed E-state index contributed by atoms with van der Waals surface area (Å²) in [6, 6.07) is 13.9. The summed E-state index contributed by atoms with van der Waals surface area (Å²) in [5.74, 6) is 0.615. The molecule has 3 atom stereocenters. The minimum Gasteiger partial charge on any atom is -0.443 e. The van der Waals surface area contributed by atoms with Crippen molar-refractivity contribution in [2.45, 2.75) is 31.9 Å². The molecule has 0 N–H and O–H groups in total. The Labute approximate surface area is 130 Å². The Morgan fingerprint density at radius 1 is 1.05 bits per heavy atom. The van der Waals surface area contributed by atoms with Gasteiger partial charge in [0.15, 0.2) is 6.23 Å². The third-order valence-electron chi connectivity index (χ3n) is 5.01. The third kappa shape index (κ3) is 2.61. The Kier molecular flexibility index (Phi) is 3.59. The van der Waals surface area contributed by atoms with E-state index in [1.54, 1.807) is 0 Å². The van der Waals surface area contributed by atoms with Gasteiger partial charge in [0.05, 0.1) is 5.56 Å². The van der Waals surface area contributed by atoms with E-state index in [2.05, 4.69) is 11.0 Å². The van der Waals surface area contributed by atoms with Crippen LogP contribution < -0.4 is 0 Å². The molecule has 0 spiro atoms. The second-order valence-electron chi connectivity index (χ2n) is 6.50. The zero-order chi connectivity index (χ0) is 14.9. The fraction of sp³-hybridized carbons (Fsp3) is 0.421. The van der Waals surface area contributed by atoms with Gasteiger partial charge in [-0.25, -0.2) is 4.79 Å². The number of piperidine rings is 2. The Morgan fingerprint density at radius 2 is 1.91 bits per heavy atom. The lowest BCUT2D eigenvalue weighted by molar-refractivity contribution is -0.0758. The van der Waals surface area contributed by atoms with Crippen LogP contribution in [-0.2, 0) is 4.74 Å². The maximum atomic E-state index is 12.5. The van der Waals surface area contributed by atoms with Gasteiger partial charge in [0.25, 0.3) is 0 Å². The molecule has 3 unspecified atom stereocenters. The van der Waals surface area contributed by atoms with Gasteiger partial charge in [0, 0.05) is 13.1 Å². The van der Waals surface area contributed by atoms with E-state index in [0.717, 1.165) is 36.2 Å². The summed E-state index contributed by atoms with van der Waals surface area (Å²) in [6.07, 6.45) is 4.70. The number of fused-ring (bicyclic) bond motifs is 3. The van der Waals surface area contributed by atoms with Crippen molar-refractivity contribution in [3.05, 3.63) is 48.0 Å². The van der Waals surface area contributed by atoms with E-state index in [4.69, 9.17) is 4.74 Å². The van der Waals surface area contributed by atoms with E-state index in [1.807, 2.05) is 36.4 Å². The first-order valence-electron chi connectivity index (χ1n) is 8.23. The van der Waals surface area contributed by atoms with E-state index < -0.39 is 0 Å². The molecule has 0 amide bonds. The van der Waals surface area contributed by atoms with Crippen LogP contribution in [-0.4, -0.2) is 30.2 Å². The molecule has 2 saturated heterocycles. The van der Waals surface area contributed by atoms with Crippen molar-refractivity contribution in [3.8, 4) is 0 Å². The van der Waals surface area contributed by atoms with Crippen molar-refractivity contribution in [2.24, 2.45) is 5.92 Å². The molecule has 22 heavy (non-hydrogen) atoms. The van der Waals surface area contributed by atoms with Crippen molar-refractivity contribution < 1.29 is 9.53 Å². The number of carbonyl (C=O) groups excluding carboxylic acids is 1. The number of carbonyl (C=O) groups is 1. The molecule has 3 heteroatoms. The summed E-state index contributed by atoms with van der Waals surface area (Å²) < 4.78 is 5.80. The molecule has 0 aliphatic carbocycles. The number of ether oxygens (including phenoxy) is 1. The quantitative estimate of drug-likeness (QED) is 0.789. The first-order valence-corrected chi connectivity index (χ1v) is 8.23. The molecule has 2 bridgehead atoms. The molecule has 0 radical (unpaired) electrons. The van der Waals surface area contributed by atoms with Gasteiger partial charge in [-0.05, 0) is 54.5 Å². The predicted octanol–water partition coefficient (Wildman–Crippen LogP) is 3.83. The maximum absolute atomic E-state index is 12.5. The molecule has 2 heterocycles. The highest BCUT2D eigenvalue weighted by Gasteiger charge is 2.33. The average Bonchev–Trinajstić information content (AvgIpc) is 2.57. The van der Waals surface area contributed by atoms with Gasteiger partial charge in [0.2, 0.25) is 0 Å². The number of nitrogens with zero attached hydrogens (tertiary/aromatic N) is 1. The van der Waals surface area contributed by atoms with Crippen molar-refractivity contribution in [1.29, 1.82) is 0 Å². The van der Waals surface area contributed by atoms with Gasteiger partial charge < -0.3 is 4.74 Å². The molecule has 0 saturated carbocycles. The SMILES string of the molecule is O=C(OC1CCC2CCCN1C2)c1ccc2ccccc2c1. The van der Waals surface area contributed by atoms with Crippen molar-refractivity contribution in [1.82, 2.24) is 4.90 Å². The van der Waals surface area contributed by atoms with E-state index in [9.17, 15) is 4.79 Å². The molecule has 114 valence electrons. The topological polar surface area (TPSA) is 29.5 Å². The summed E-state index contributed by atoms with van der Waals surface area (Å²) in [7, 11) is 0. The number of hydrogen-bond donors (Lipinski definition) is 0. The average molecular weight is 295 g/mol. The monoisotopic (exact) mass is 295 g/mol. The van der Waals surface area contributed by atoms with E-state index in [-0.39, 0.29) is 12.2 Å². The van der Waals surface area contributed by atoms with Gasteiger partial charge in [0.1, 0.15) is 0 Å². The predicted molar refractivity (Wildman–Crippen MR) is 86.7 cm³/mol. The highest BCUT2D eigenvalue weighted by molar-refractivity contribution is 5.95. The molecule has 2 aliphatic heterocycles. The van der Waals surface area contributed by atoms with Crippen LogP contribution in [0.25, 0.3) is 10.8 Å². The van der Waals surface area contributed by atoms with E-state index in [0.29, 0.717) is 5.56 Å². The highest BCUT2D eigenvalue weighted by atomic mass is 16.6. The van der Waals surface area contributed by atoms with Crippen LogP contribution in [0.5, 0.6) is 0 Å². The van der Waals surface area contributed by atoms with Crippen LogP contribution in [0.15, 0.2) is 42.5 Å². The van der Waals surface area contributed by atoms with Crippen LogP contribution in [0, 0.1) is 5.92 Å². The van der Waals surface area contributed by atoms with E-state index in [1.165, 1.54) is 19.3 Å². The largest absolute Gasteiger partial charge is 0.443 e. The molecular weight excluding hydrogens is 274 g/mol. The van der Waals surface area contributed by atoms with Crippen LogP contribution in [0.2, 0.25) is 0 Å². The number of rotatable bonds is 2. The molecule has 4 rings (SSSR count). The van der Waals surface area contributed by atoms with Gasteiger partial charge in [-0.15, -0.1) is 0 Å². The van der Waals surface area contributed by atoms with Gasteiger partial charge in [-0.2, -0.15) is 0 Å². The number of benzene rings is 2. The van der Waals surface area contributed by atoms with Gasteiger partial charge >= 0.3 is 5.97 Å². The van der Waals surface area contributed by atoms with Crippen LogP contribution >= 0.6 is 0 Å². The van der Waals surface area contributed by atoms with Crippen molar-refractivity contribution in [2.75, 3.05) is 13.1 Å². The molecule has 3 nitrogen and oxygen atoms in total. The lowest BCUT2D eigenvalue weighted by Crippen LogP contribution is -2.48. The van der Waals surface area contributed by atoms with Gasteiger partial charge in [-0.3, -0.25) is 4.90 Å². The minimum absolute atomic E-state index is 0.0319.